The molecule has 1 aromatic heterocycles. The molecule has 1 aromatic rings. The Hall–Kier alpha value is -2.00. The molecule has 0 aromatic carbocycles. The predicted octanol–water partition coefficient (Wildman–Crippen LogP) is 2.15. The van der Waals surface area contributed by atoms with E-state index in [9.17, 15) is 22.4 Å². The van der Waals surface area contributed by atoms with Crippen molar-refractivity contribution in [1.29, 1.82) is 0 Å². The van der Waals surface area contributed by atoms with E-state index in [1.165, 1.54) is 13.0 Å². The minimum atomic E-state index is -3.54. The first-order valence-electron chi connectivity index (χ1n) is 6.79. The lowest BCUT2D eigenvalue weighted by molar-refractivity contribution is -0.113. The first-order chi connectivity index (χ1) is 10.8. The highest BCUT2D eigenvalue weighted by Gasteiger charge is 2.24. The van der Waals surface area contributed by atoms with Gasteiger partial charge in [-0.05, 0) is 25.0 Å². The molecule has 1 heterocycles. The van der Waals surface area contributed by atoms with Crippen LogP contribution in [0.25, 0.3) is 0 Å². The molecule has 2 rings (SSSR count). The Labute approximate surface area is 136 Å². The average Bonchev–Trinajstić information content (AvgIpc) is 2.92. The molecule has 3 N–H and O–H groups in total. The van der Waals surface area contributed by atoms with Crippen LogP contribution in [0.4, 0.5) is 9.39 Å². The fourth-order valence-corrected chi connectivity index (χ4v) is 4.46. The third-order valence-electron chi connectivity index (χ3n) is 3.28. The Morgan fingerprint density at radius 1 is 1.43 bits per heavy atom. The van der Waals surface area contributed by atoms with Crippen molar-refractivity contribution < 1.29 is 22.4 Å². The summed E-state index contributed by atoms with van der Waals surface area (Å²) >= 11 is 0.729. The minimum Gasteiger partial charge on any atom is -0.366 e. The van der Waals surface area contributed by atoms with Gasteiger partial charge in [0.1, 0.15) is 15.0 Å². The van der Waals surface area contributed by atoms with E-state index < -0.39 is 27.5 Å². The molecular formula is C14H15FN2O4S2. The summed E-state index contributed by atoms with van der Waals surface area (Å²) in [6.07, 6.45) is 3.57. The molecule has 0 saturated carbocycles. The monoisotopic (exact) mass is 358 g/mol. The second kappa shape index (κ2) is 6.63. The Balaban J connectivity index is 2.38. The van der Waals surface area contributed by atoms with Crippen LogP contribution >= 0.6 is 11.3 Å². The van der Waals surface area contributed by atoms with E-state index in [-0.39, 0.29) is 32.5 Å². The molecule has 0 aliphatic heterocycles. The number of anilines is 1. The molecular weight excluding hydrogens is 343 g/mol. The van der Waals surface area contributed by atoms with Crippen LogP contribution in [0.5, 0.6) is 0 Å². The number of sulfone groups is 1. The minimum absolute atomic E-state index is 0.00405. The second-order valence-electron chi connectivity index (χ2n) is 4.80. The summed E-state index contributed by atoms with van der Waals surface area (Å²) in [5, 5.41) is 2.40. The fraction of sp³-hybridized carbons (Fsp3) is 0.286. The quantitative estimate of drug-likeness (QED) is 0.841. The van der Waals surface area contributed by atoms with Crippen LogP contribution in [0.3, 0.4) is 0 Å². The summed E-state index contributed by atoms with van der Waals surface area (Å²) in [5.74, 6) is -2.37. The standard InChI is InChI=1S/C14H15FN2O4S2/c1-2-23(20,21)11-7-9(12(16)18)14(22-11)17-13(19)8-5-3-4-6-10(8)15/h4,6-7H,2-3,5H2,1H3,(H2,16,18)(H,17,19). The summed E-state index contributed by atoms with van der Waals surface area (Å²) in [6, 6.07) is 1.13. The zero-order valence-corrected chi connectivity index (χ0v) is 13.9. The third-order valence-corrected chi connectivity index (χ3v) is 6.62. The number of nitrogens with one attached hydrogen (secondary N) is 1. The lowest BCUT2D eigenvalue weighted by Gasteiger charge is -2.10. The van der Waals surface area contributed by atoms with Crippen LogP contribution in [-0.2, 0) is 14.6 Å². The molecule has 23 heavy (non-hydrogen) atoms. The zero-order chi connectivity index (χ0) is 17.2. The second-order valence-corrected chi connectivity index (χ2v) is 8.35. The van der Waals surface area contributed by atoms with Crippen molar-refractivity contribution in [2.75, 3.05) is 11.1 Å². The van der Waals surface area contributed by atoms with E-state index in [2.05, 4.69) is 5.32 Å². The van der Waals surface area contributed by atoms with Gasteiger partial charge in [-0.2, -0.15) is 0 Å². The predicted molar refractivity (Wildman–Crippen MR) is 85.7 cm³/mol. The van der Waals surface area contributed by atoms with Gasteiger partial charge >= 0.3 is 0 Å². The lowest BCUT2D eigenvalue weighted by Crippen LogP contribution is -2.19. The number of thiophene rings is 1. The summed E-state index contributed by atoms with van der Waals surface area (Å²) in [4.78, 5) is 23.6. The average molecular weight is 358 g/mol. The number of allylic oxidation sites excluding steroid dienone is 3. The fourth-order valence-electron chi connectivity index (χ4n) is 1.97. The number of halogens is 1. The summed E-state index contributed by atoms with van der Waals surface area (Å²) in [7, 11) is -3.54. The number of hydrogen-bond donors (Lipinski definition) is 2. The van der Waals surface area contributed by atoms with Gasteiger partial charge in [-0.15, -0.1) is 11.3 Å². The molecule has 1 aliphatic rings. The maximum atomic E-state index is 13.7. The molecule has 0 atom stereocenters. The molecule has 0 radical (unpaired) electrons. The molecule has 1 aliphatic carbocycles. The van der Waals surface area contributed by atoms with E-state index in [1.54, 1.807) is 6.08 Å². The molecule has 2 amide bonds. The SMILES string of the molecule is CCS(=O)(=O)c1cc(C(N)=O)c(NC(=O)C2=C(F)C=CCC2)s1. The number of hydrogen-bond acceptors (Lipinski definition) is 5. The Morgan fingerprint density at radius 3 is 2.70 bits per heavy atom. The van der Waals surface area contributed by atoms with Crippen molar-refractivity contribution in [1.82, 2.24) is 0 Å². The van der Waals surface area contributed by atoms with Gasteiger partial charge in [0.2, 0.25) is 0 Å². The van der Waals surface area contributed by atoms with Gasteiger partial charge in [0.05, 0.1) is 16.9 Å². The number of nitrogens with two attached hydrogens (primary N) is 1. The molecule has 0 bridgehead atoms. The van der Waals surface area contributed by atoms with Gasteiger partial charge in [-0.1, -0.05) is 13.0 Å². The third kappa shape index (κ3) is 3.67. The van der Waals surface area contributed by atoms with Gasteiger partial charge < -0.3 is 11.1 Å². The van der Waals surface area contributed by atoms with E-state index in [0.29, 0.717) is 6.42 Å². The van der Waals surface area contributed by atoms with Crippen molar-refractivity contribution in [3.63, 3.8) is 0 Å². The number of amides is 2. The molecule has 124 valence electrons. The largest absolute Gasteiger partial charge is 0.366 e. The van der Waals surface area contributed by atoms with Crippen molar-refractivity contribution >= 4 is 38.0 Å². The molecule has 0 saturated heterocycles. The van der Waals surface area contributed by atoms with E-state index in [0.717, 1.165) is 17.4 Å². The Kier molecular flexibility index (Phi) is 5.00. The van der Waals surface area contributed by atoms with Crippen LogP contribution in [-0.4, -0.2) is 26.0 Å². The van der Waals surface area contributed by atoms with Gasteiger partial charge in [0.15, 0.2) is 9.84 Å². The van der Waals surface area contributed by atoms with Gasteiger partial charge in [-0.25, -0.2) is 12.8 Å². The number of carbonyl (C=O) groups excluding carboxylic acids is 2. The van der Waals surface area contributed by atoms with E-state index in [1.807, 2.05) is 0 Å². The zero-order valence-electron chi connectivity index (χ0n) is 12.3. The number of carbonyl (C=O) groups is 2. The van der Waals surface area contributed by atoms with Crippen LogP contribution in [0.1, 0.15) is 30.1 Å². The Bertz CT molecular complexity index is 822. The maximum Gasteiger partial charge on any atom is 0.255 e. The highest BCUT2D eigenvalue weighted by Crippen LogP contribution is 2.33. The summed E-state index contributed by atoms with van der Waals surface area (Å²) in [6.45, 7) is 1.46. The number of primary amides is 1. The van der Waals surface area contributed by atoms with Crippen molar-refractivity contribution in [3.05, 3.63) is 35.2 Å². The number of rotatable bonds is 5. The van der Waals surface area contributed by atoms with E-state index >= 15 is 0 Å². The molecule has 0 unspecified atom stereocenters. The smallest absolute Gasteiger partial charge is 0.255 e. The van der Waals surface area contributed by atoms with Crippen LogP contribution < -0.4 is 11.1 Å². The van der Waals surface area contributed by atoms with Crippen LogP contribution in [0.15, 0.2) is 33.8 Å². The summed E-state index contributed by atoms with van der Waals surface area (Å²) < 4.78 is 37.4. The van der Waals surface area contributed by atoms with Crippen LogP contribution in [0, 0.1) is 0 Å². The van der Waals surface area contributed by atoms with E-state index in [4.69, 9.17) is 5.73 Å². The topological polar surface area (TPSA) is 106 Å². The van der Waals surface area contributed by atoms with Gasteiger partial charge in [0.25, 0.3) is 11.8 Å². The molecule has 0 fully saturated rings. The van der Waals surface area contributed by atoms with Crippen molar-refractivity contribution in [3.8, 4) is 0 Å². The molecule has 9 heteroatoms. The maximum absolute atomic E-state index is 13.7. The summed E-state index contributed by atoms with van der Waals surface area (Å²) in [5.41, 5.74) is 5.06. The van der Waals surface area contributed by atoms with Gasteiger partial charge in [0, 0.05) is 0 Å². The van der Waals surface area contributed by atoms with Crippen molar-refractivity contribution in [2.45, 2.75) is 24.0 Å². The highest BCUT2D eigenvalue weighted by molar-refractivity contribution is 7.93. The van der Waals surface area contributed by atoms with Crippen molar-refractivity contribution in [2.24, 2.45) is 5.73 Å². The highest BCUT2D eigenvalue weighted by atomic mass is 32.2. The Morgan fingerprint density at radius 2 is 2.13 bits per heavy atom. The van der Waals surface area contributed by atoms with Crippen LogP contribution in [0.2, 0.25) is 0 Å². The normalized spacial score (nSPS) is 14.9. The van der Waals surface area contributed by atoms with Gasteiger partial charge in [-0.3, -0.25) is 9.59 Å². The first-order valence-corrected chi connectivity index (χ1v) is 9.26. The molecule has 0 spiro atoms. The lowest BCUT2D eigenvalue weighted by atomic mass is 10.0. The molecule has 6 nitrogen and oxygen atoms in total. The first kappa shape index (κ1) is 17.4.